The second kappa shape index (κ2) is 6.44. The molecule has 1 unspecified atom stereocenters. The first-order valence-corrected chi connectivity index (χ1v) is 7.94. The summed E-state index contributed by atoms with van der Waals surface area (Å²) in [6.45, 7) is 0. The quantitative estimate of drug-likeness (QED) is 0.840. The van der Waals surface area contributed by atoms with Crippen LogP contribution in [0.4, 0.5) is 0 Å². The molecule has 19 heavy (non-hydrogen) atoms. The van der Waals surface area contributed by atoms with Crippen molar-refractivity contribution in [1.29, 1.82) is 0 Å². The maximum Gasteiger partial charge on any atom is 0.329 e. The SMILES string of the molecule is NC(CSCC1CCCC1)(C(=O)O)c1ccccc1. The van der Waals surface area contributed by atoms with Gasteiger partial charge < -0.3 is 10.8 Å². The van der Waals surface area contributed by atoms with Crippen LogP contribution in [0, 0.1) is 5.92 Å². The molecule has 1 atom stereocenters. The summed E-state index contributed by atoms with van der Waals surface area (Å²) in [5, 5.41) is 9.44. The third-order valence-electron chi connectivity index (χ3n) is 3.83. The van der Waals surface area contributed by atoms with Crippen molar-refractivity contribution in [3.05, 3.63) is 35.9 Å². The topological polar surface area (TPSA) is 63.3 Å². The number of thioether (sulfide) groups is 1. The Balaban J connectivity index is 1.97. The lowest BCUT2D eigenvalue weighted by molar-refractivity contribution is -0.142. The zero-order valence-electron chi connectivity index (χ0n) is 11.0. The number of aliphatic carboxylic acids is 1. The van der Waals surface area contributed by atoms with Gasteiger partial charge in [0.15, 0.2) is 0 Å². The van der Waals surface area contributed by atoms with Crippen LogP contribution in [-0.2, 0) is 10.3 Å². The molecule has 4 heteroatoms. The van der Waals surface area contributed by atoms with E-state index in [-0.39, 0.29) is 0 Å². The zero-order valence-corrected chi connectivity index (χ0v) is 11.9. The summed E-state index contributed by atoms with van der Waals surface area (Å²) in [7, 11) is 0. The maximum atomic E-state index is 11.5. The molecule has 0 saturated heterocycles. The van der Waals surface area contributed by atoms with E-state index in [2.05, 4.69) is 0 Å². The summed E-state index contributed by atoms with van der Waals surface area (Å²) in [5.41, 5.74) is 5.54. The van der Waals surface area contributed by atoms with Crippen LogP contribution in [0.2, 0.25) is 0 Å². The molecule has 0 radical (unpaired) electrons. The van der Waals surface area contributed by atoms with Crippen molar-refractivity contribution in [3.8, 4) is 0 Å². The van der Waals surface area contributed by atoms with E-state index < -0.39 is 11.5 Å². The van der Waals surface area contributed by atoms with Crippen molar-refractivity contribution in [1.82, 2.24) is 0 Å². The first-order chi connectivity index (χ1) is 9.13. The van der Waals surface area contributed by atoms with Crippen molar-refractivity contribution in [2.75, 3.05) is 11.5 Å². The molecule has 104 valence electrons. The second-order valence-electron chi connectivity index (χ2n) is 5.31. The van der Waals surface area contributed by atoms with Gasteiger partial charge in [-0.05, 0) is 30.1 Å². The summed E-state index contributed by atoms with van der Waals surface area (Å²) in [6, 6.07) is 9.13. The lowest BCUT2D eigenvalue weighted by Crippen LogP contribution is -2.47. The molecule has 0 aromatic heterocycles. The summed E-state index contributed by atoms with van der Waals surface area (Å²) < 4.78 is 0. The van der Waals surface area contributed by atoms with Gasteiger partial charge in [-0.3, -0.25) is 0 Å². The third-order valence-corrected chi connectivity index (χ3v) is 5.20. The Morgan fingerprint density at radius 1 is 1.32 bits per heavy atom. The molecule has 1 aliphatic carbocycles. The molecule has 2 rings (SSSR count). The monoisotopic (exact) mass is 279 g/mol. The van der Waals surface area contributed by atoms with Crippen LogP contribution in [0.3, 0.4) is 0 Å². The van der Waals surface area contributed by atoms with Crippen LogP contribution in [0.25, 0.3) is 0 Å². The van der Waals surface area contributed by atoms with E-state index in [9.17, 15) is 9.90 Å². The molecular weight excluding hydrogens is 258 g/mol. The predicted molar refractivity (Wildman–Crippen MR) is 79.2 cm³/mol. The average Bonchev–Trinajstić information content (AvgIpc) is 2.92. The van der Waals surface area contributed by atoms with E-state index in [0.717, 1.165) is 11.7 Å². The minimum atomic E-state index is -1.27. The Kier molecular flexibility index (Phi) is 4.88. The molecular formula is C15H21NO2S. The Morgan fingerprint density at radius 3 is 2.53 bits per heavy atom. The van der Waals surface area contributed by atoms with Gasteiger partial charge in [0.05, 0.1) is 0 Å². The van der Waals surface area contributed by atoms with Gasteiger partial charge in [0.1, 0.15) is 5.54 Å². The van der Waals surface area contributed by atoms with E-state index in [4.69, 9.17) is 5.73 Å². The Labute approximate surface area is 118 Å². The molecule has 1 aromatic rings. The molecule has 3 nitrogen and oxygen atoms in total. The fourth-order valence-electron chi connectivity index (χ4n) is 2.57. The number of rotatable bonds is 6. The van der Waals surface area contributed by atoms with E-state index >= 15 is 0 Å². The highest BCUT2D eigenvalue weighted by molar-refractivity contribution is 7.99. The molecule has 0 heterocycles. The number of carbonyl (C=O) groups is 1. The van der Waals surface area contributed by atoms with Gasteiger partial charge in [-0.1, -0.05) is 43.2 Å². The van der Waals surface area contributed by atoms with Crippen LogP contribution < -0.4 is 5.73 Å². The Morgan fingerprint density at radius 2 is 1.95 bits per heavy atom. The van der Waals surface area contributed by atoms with Gasteiger partial charge in [-0.15, -0.1) is 0 Å². The van der Waals surface area contributed by atoms with Crippen LogP contribution >= 0.6 is 11.8 Å². The predicted octanol–water partition coefficient (Wildman–Crippen LogP) is 2.85. The zero-order chi connectivity index (χ0) is 13.7. The smallest absolute Gasteiger partial charge is 0.329 e. The second-order valence-corrected chi connectivity index (χ2v) is 6.34. The van der Waals surface area contributed by atoms with Gasteiger partial charge in [0.2, 0.25) is 0 Å². The number of benzene rings is 1. The van der Waals surface area contributed by atoms with E-state index in [1.165, 1.54) is 25.7 Å². The van der Waals surface area contributed by atoms with Crippen LogP contribution in [-0.4, -0.2) is 22.6 Å². The minimum absolute atomic E-state index is 0.433. The van der Waals surface area contributed by atoms with Gasteiger partial charge >= 0.3 is 5.97 Å². The average molecular weight is 279 g/mol. The minimum Gasteiger partial charge on any atom is -0.480 e. The first-order valence-electron chi connectivity index (χ1n) is 6.78. The van der Waals surface area contributed by atoms with Crippen LogP contribution in [0.15, 0.2) is 30.3 Å². The van der Waals surface area contributed by atoms with Crippen molar-refractivity contribution < 1.29 is 9.90 Å². The van der Waals surface area contributed by atoms with Gasteiger partial charge in [-0.25, -0.2) is 4.79 Å². The third kappa shape index (κ3) is 3.51. The maximum absolute atomic E-state index is 11.5. The van der Waals surface area contributed by atoms with Crippen LogP contribution in [0.5, 0.6) is 0 Å². The molecule has 1 aromatic carbocycles. The van der Waals surface area contributed by atoms with E-state index in [1.54, 1.807) is 23.9 Å². The van der Waals surface area contributed by atoms with Crippen molar-refractivity contribution >= 4 is 17.7 Å². The number of hydrogen-bond donors (Lipinski definition) is 2. The molecule has 3 N–H and O–H groups in total. The summed E-state index contributed by atoms with van der Waals surface area (Å²) in [4.78, 5) is 11.5. The van der Waals surface area contributed by atoms with E-state index in [0.29, 0.717) is 11.3 Å². The number of carboxylic acids is 1. The lowest BCUT2D eigenvalue weighted by atomic mass is 9.93. The molecule has 0 spiro atoms. The molecule has 0 aliphatic heterocycles. The largest absolute Gasteiger partial charge is 0.480 e. The summed E-state index contributed by atoms with van der Waals surface area (Å²) in [5.74, 6) is 1.26. The van der Waals surface area contributed by atoms with E-state index in [1.807, 2.05) is 18.2 Å². The fourth-order valence-corrected chi connectivity index (χ4v) is 3.96. The number of carboxylic acid groups (broad SMARTS) is 1. The standard InChI is InChI=1S/C15H21NO2S/c16-15(14(17)18,13-8-2-1-3-9-13)11-19-10-12-6-4-5-7-12/h1-3,8-9,12H,4-7,10-11,16H2,(H,17,18). The normalized spacial score (nSPS) is 19.2. The highest BCUT2D eigenvalue weighted by Crippen LogP contribution is 2.30. The van der Waals surface area contributed by atoms with Crippen molar-refractivity contribution in [2.24, 2.45) is 11.7 Å². The highest BCUT2D eigenvalue weighted by atomic mass is 32.2. The molecule has 0 bridgehead atoms. The molecule has 1 fully saturated rings. The molecule has 1 aliphatic rings. The highest BCUT2D eigenvalue weighted by Gasteiger charge is 2.36. The number of hydrogen-bond acceptors (Lipinski definition) is 3. The molecule has 1 saturated carbocycles. The Bertz CT molecular complexity index is 417. The first kappa shape index (κ1) is 14.4. The van der Waals surface area contributed by atoms with Gasteiger partial charge in [0.25, 0.3) is 0 Å². The van der Waals surface area contributed by atoms with Crippen molar-refractivity contribution in [3.63, 3.8) is 0 Å². The summed E-state index contributed by atoms with van der Waals surface area (Å²) in [6.07, 6.45) is 5.19. The van der Waals surface area contributed by atoms with Gasteiger partial charge in [0, 0.05) is 5.75 Å². The fraction of sp³-hybridized carbons (Fsp3) is 0.533. The lowest BCUT2D eigenvalue weighted by Gasteiger charge is -2.25. The Hall–Kier alpha value is -1.00. The van der Waals surface area contributed by atoms with Crippen LogP contribution in [0.1, 0.15) is 31.2 Å². The summed E-state index contributed by atoms with van der Waals surface area (Å²) >= 11 is 1.67. The molecule has 0 amide bonds. The van der Waals surface area contributed by atoms with Crippen molar-refractivity contribution in [2.45, 2.75) is 31.2 Å². The number of nitrogens with two attached hydrogens (primary N) is 1. The van der Waals surface area contributed by atoms with Gasteiger partial charge in [-0.2, -0.15) is 11.8 Å².